The number of carbonyl (C=O) groups is 1. The van der Waals surface area contributed by atoms with Crippen LogP contribution in [0.2, 0.25) is 0 Å². The Morgan fingerprint density at radius 1 is 1.67 bits per heavy atom. The summed E-state index contributed by atoms with van der Waals surface area (Å²) in [4.78, 5) is 10.3. The molecule has 2 aliphatic rings. The van der Waals surface area contributed by atoms with E-state index in [0.717, 1.165) is 12.2 Å². The van der Waals surface area contributed by atoms with Gasteiger partial charge in [-0.3, -0.25) is 0 Å². The van der Waals surface area contributed by atoms with Crippen LogP contribution in [0.3, 0.4) is 0 Å². The van der Waals surface area contributed by atoms with Crippen molar-refractivity contribution in [3.63, 3.8) is 0 Å². The van der Waals surface area contributed by atoms with Gasteiger partial charge in [0.05, 0.1) is 6.61 Å². The molecule has 0 aromatic carbocycles. The van der Waals surface area contributed by atoms with E-state index in [1.54, 1.807) is 11.8 Å². The molecule has 0 saturated carbocycles. The lowest BCUT2D eigenvalue weighted by molar-refractivity contribution is 0.0334. The first kappa shape index (κ1) is 8.19. The van der Waals surface area contributed by atoms with E-state index in [4.69, 9.17) is 14.6 Å². The topological polar surface area (TPSA) is 55.8 Å². The highest BCUT2D eigenvalue weighted by atomic mass is 32.2. The minimum atomic E-state index is -1.19. The molecule has 2 saturated heterocycles. The summed E-state index contributed by atoms with van der Waals surface area (Å²) in [5.74, 6) is 1.33. The van der Waals surface area contributed by atoms with Gasteiger partial charge in [-0.1, -0.05) is 0 Å². The molecule has 3 atom stereocenters. The zero-order valence-corrected chi connectivity index (χ0v) is 7.25. The Morgan fingerprint density at radius 2 is 2.50 bits per heavy atom. The SMILES string of the molecule is O=C(O)OC1COC2SCCC12. The summed E-state index contributed by atoms with van der Waals surface area (Å²) >= 11 is 1.75. The fourth-order valence-corrected chi connectivity index (χ4v) is 3.05. The molecule has 2 aliphatic heterocycles. The lowest BCUT2D eigenvalue weighted by Gasteiger charge is -2.13. The lowest BCUT2D eigenvalue weighted by atomic mass is 10.0. The van der Waals surface area contributed by atoms with Crippen molar-refractivity contribution >= 4 is 17.9 Å². The predicted molar refractivity (Wildman–Crippen MR) is 43.2 cm³/mol. The summed E-state index contributed by atoms with van der Waals surface area (Å²) in [6.45, 7) is 0.425. The number of thioether (sulfide) groups is 1. The number of ether oxygens (including phenoxy) is 2. The molecule has 0 amide bonds. The quantitative estimate of drug-likeness (QED) is 0.629. The largest absolute Gasteiger partial charge is 0.506 e. The second-order valence-corrected chi connectivity index (χ2v) is 4.15. The normalized spacial score (nSPS) is 39.5. The van der Waals surface area contributed by atoms with E-state index in [9.17, 15) is 4.79 Å². The zero-order valence-electron chi connectivity index (χ0n) is 6.43. The van der Waals surface area contributed by atoms with Gasteiger partial charge in [-0.15, -0.1) is 11.8 Å². The van der Waals surface area contributed by atoms with Gasteiger partial charge in [0.25, 0.3) is 0 Å². The third kappa shape index (κ3) is 1.38. The Hall–Kier alpha value is -0.420. The first-order valence-corrected chi connectivity index (χ1v) is 4.95. The molecule has 5 heteroatoms. The van der Waals surface area contributed by atoms with E-state index >= 15 is 0 Å². The Morgan fingerprint density at radius 3 is 3.25 bits per heavy atom. The Kier molecular flexibility index (Phi) is 2.14. The maximum atomic E-state index is 10.3. The highest BCUT2D eigenvalue weighted by molar-refractivity contribution is 8.00. The number of rotatable bonds is 1. The Bertz CT molecular complexity index is 196. The molecule has 12 heavy (non-hydrogen) atoms. The molecule has 0 aromatic heterocycles. The fourth-order valence-electron chi connectivity index (χ4n) is 1.68. The maximum Gasteiger partial charge on any atom is 0.506 e. The fraction of sp³-hybridized carbons (Fsp3) is 0.857. The van der Waals surface area contributed by atoms with Crippen LogP contribution in [0.15, 0.2) is 0 Å². The molecule has 2 fully saturated rings. The molecular weight excluding hydrogens is 180 g/mol. The molecule has 0 spiro atoms. The second kappa shape index (κ2) is 3.14. The summed E-state index contributed by atoms with van der Waals surface area (Å²) < 4.78 is 10.1. The third-order valence-corrected chi connectivity index (χ3v) is 3.52. The molecule has 3 unspecified atom stereocenters. The van der Waals surface area contributed by atoms with Gasteiger partial charge in [0.2, 0.25) is 0 Å². The third-order valence-electron chi connectivity index (χ3n) is 2.24. The highest BCUT2D eigenvalue weighted by Gasteiger charge is 2.43. The van der Waals surface area contributed by atoms with Crippen molar-refractivity contribution in [2.24, 2.45) is 5.92 Å². The Balaban J connectivity index is 1.95. The number of fused-ring (bicyclic) bond motifs is 1. The molecule has 0 aliphatic carbocycles. The molecule has 0 bridgehead atoms. The molecule has 0 aromatic rings. The summed E-state index contributed by atoms with van der Waals surface area (Å²) in [6, 6.07) is 0. The van der Waals surface area contributed by atoms with Crippen molar-refractivity contribution in [2.75, 3.05) is 12.4 Å². The minimum Gasteiger partial charge on any atom is -0.450 e. The van der Waals surface area contributed by atoms with Gasteiger partial charge < -0.3 is 14.6 Å². The first-order chi connectivity index (χ1) is 5.77. The van der Waals surface area contributed by atoms with E-state index in [1.807, 2.05) is 0 Å². The summed E-state index contributed by atoms with van der Waals surface area (Å²) in [5.41, 5.74) is 0.175. The standard InChI is InChI=1S/C7H10O4S/c8-7(9)11-5-3-10-6-4(5)1-2-12-6/h4-6H,1-3H2,(H,8,9). The van der Waals surface area contributed by atoms with Crippen molar-refractivity contribution in [3.8, 4) is 0 Å². The maximum absolute atomic E-state index is 10.3. The van der Waals surface area contributed by atoms with Gasteiger partial charge in [-0.05, 0) is 12.2 Å². The average Bonchev–Trinajstić information content (AvgIpc) is 2.52. The predicted octanol–water partition coefficient (Wildman–Crippen LogP) is 1.16. The van der Waals surface area contributed by atoms with E-state index < -0.39 is 6.16 Å². The zero-order chi connectivity index (χ0) is 8.55. The van der Waals surface area contributed by atoms with Crippen LogP contribution in [0.5, 0.6) is 0 Å². The van der Waals surface area contributed by atoms with E-state index in [0.29, 0.717) is 6.61 Å². The minimum absolute atomic E-state index is 0.175. The number of hydrogen-bond acceptors (Lipinski definition) is 4. The van der Waals surface area contributed by atoms with Crippen LogP contribution < -0.4 is 0 Å². The van der Waals surface area contributed by atoms with Crippen LogP contribution in [-0.4, -0.2) is 35.2 Å². The number of carboxylic acid groups (broad SMARTS) is 1. The Labute approximate surface area is 74.2 Å². The van der Waals surface area contributed by atoms with Crippen LogP contribution >= 0.6 is 11.8 Å². The van der Waals surface area contributed by atoms with E-state index in [2.05, 4.69) is 0 Å². The van der Waals surface area contributed by atoms with Gasteiger partial charge in [0.15, 0.2) is 0 Å². The average molecular weight is 190 g/mol. The smallest absolute Gasteiger partial charge is 0.450 e. The summed E-state index contributed by atoms with van der Waals surface area (Å²) in [6.07, 6.45) is -0.420. The molecule has 2 heterocycles. The molecular formula is C7H10O4S. The number of hydrogen-bond donors (Lipinski definition) is 1. The van der Waals surface area contributed by atoms with Gasteiger partial charge in [-0.2, -0.15) is 0 Å². The van der Waals surface area contributed by atoms with Gasteiger partial charge in [0.1, 0.15) is 11.5 Å². The van der Waals surface area contributed by atoms with E-state index in [-0.39, 0.29) is 17.5 Å². The first-order valence-electron chi connectivity index (χ1n) is 3.90. The molecule has 0 radical (unpaired) electrons. The molecule has 1 N–H and O–H groups in total. The molecule has 68 valence electrons. The van der Waals surface area contributed by atoms with Gasteiger partial charge in [-0.25, -0.2) is 4.79 Å². The highest BCUT2D eigenvalue weighted by Crippen LogP contribution is 2.40. The molecule has 4 nitrogen and oxygen atoms in total. The van der Waals surface area contributed by atoms with Crippen molar-refractivity contribution < 1.29 is 19.4 Å². The van der Waals surface area contributed by atoms with Crippen molar-refractivity contribution in [1.82, 2.24) is 0 Å². The van der Waals surface area contributed by atoms with Crippen LogP contribution in [0, 0.1) is 5.92 Å². The summed E-state index contributed by atoms with van der Waals surface area (Å²) in [5, 5.41) is 8.41. The van der Waals surface area contributed by atoms with Crippen molar-refractivity contribution in [2.45, 2.75) is 18.0 Å². The monoisotopic (exact) mass is 190 g/mol. The van der Waals surface area contributed by atoms with Crippen LogP contribution in [0.1, 0.15) is 6.42 Å². The van der Waals surface area contributed by atoms with Crippen molar-refractivity contribution in [3.05, 3.63) is 0 Å². The van der Waals surface area contributed by atoms with Crippen LogP contribution in [0.25, 0.3) is 0 Å². The van der Waals surface area contributed by atoms with Crippen molar-refractivity contribution in [1.29, 1.82) is 0 Å². The van der Waals surface area contributed by atoms with Gasteiger partial charge in [0, 0.05) is 5.92 Å². The second-order valence-electron chi connectivity index (χ2n) is 2.95. The van der Waals surface area contributed by atoms with Gasteiger partial charge >= 0.3 is 6.16 Å². The lowest BCUT2D eigenvalue weighted by Crippen LogP contribution is -2.25. The summed E-state index contributed by atoms with van der Waals surface area (Å²) in [7, 11) is 0. The molecule has 2 rings (SSSR count). The van der Waals surface area contributed by atoms with Crippen LogP contribution in [0.4, 0.5) is 4.79 Å². The van der Waals surface area contributed by atoms with E-state index in [1.165, 1.54) is 0 Å². The van der Waals surface area contributed by atoms with Crippen LogP contribution in [-0.2, 0) is 9.47 Å².